The van der Waals surface area contributed by atoms with Gasteiger partial charge in [-0.15, -0.1) is 11.6 Å². The summed E-state index contributed by atoms with van der Waals surface area (Å²) in [6.45, 7) is 2.15. The van der Waals surface area contributed by atoms with Crippen molar-refractivity contribution in [3.05, 3.63) is 42.4 Å². The maximum atomic E-state index is 6.28. The van der Waals surface area contributed by atoms with Crippen molar-refractivity contribution in [1.29, 1.82) is 0 Å². The molecule has 4 rings (SSSR count). The predicted octanol–water partition coefficient (Wildman–Crippen LogP) is 3.45. The Balaban J connectivity index is 1.98. The lowest BCUT2D eigenvalue weighted by atomic mass is 10.2. The van der Waals surface area contributed by atoms with E-state index in [1.807, 2.05) is 41.8 Å². The number of halogens is 1. The van der Waals surface area contributed by atoms with Gasteiger partial charge in [-0.2, -0.15) is 0 Å². The highest BCUT2D eigenvalue weighted by molar-refractivity contribution is 6.20. The molecule has 1 atom stereocenters. The molecule has 0 spiro atoms. The number of rotatable bonds is 2. The van der Waals surface area contributed by atoms with Crippen molar-refractivity contribution in [3.8, 4) is 17.2 Å². The van der Waals surface area contributed by atoms with Gasteiger partial charge in [-0.3, -0.25) is 4.57 Å². The van der Waals surface area contributed by atoms with Crippen LogP contribution in [-0.2, 0) is 0 Å². The molecule has 1 aromatic carbocycles. The van der Waals surface area contributed by atoms with Gasteiger partial charge in [0.25, 0.3) is 0 Å². The number of imidazole rings is 1. The van der Waals surface area contributed by atoms with Crippen molar-refractivity contribution in [2.45, 2.75) is 12.3 Å². The molecule has 1 aliphatic rings. The summed E-state index contributed by atoms with van der Waals surface area (Å²) < 4.78 is 12.7. The molecule has 1 aliphatic heterocycles. The molecule has 21 heavy (non-hydrogen) atoms. The quantitative estimate of drug-likeness (QED) is 0.680. The third-order valence-electron chi connectivity index (χ3n) is 3.41. The molecule has 0 fully saturated rings. The summed E-state index contributed by atoms with van der Waals surface area (Å²) in [6.07, 6.45) is 1.75. The van der Waals surface area contributed by atoms with Crippen LogP contribution in [0.4, 0.5) is 0 Å². The molecule has 5 nitrogen and oxygen atoms in total. The summed E-state index contributed by atoms with van der Waals surface area (Å²) in [7, 11) is 0. The number of fused-ring (bicyclic) bond motifs is 2. The van der Waals surface area contributed by atoms with Crippen LogP contribution in [0.1, 0.15) is 18.1 Å². The molecule has 2 aromatic heterocycles. The minimum atomic E-state index is -0.232. The third-order valence-corrected chi connectivity index (χ3v) is 3.61. The molecule has 3 aromatic rings. The highest BCUT2D eigenvalue weighted by Gasteiger charge is 2.20. The van der Waals surface area contributed by atoms with E-state index in [4.69, 9.17) is 21.1 Å². The summed E-state index contributed by atoms with van der Waals surface area (Å²) in [6, 6.07) is 9.54. The lowest BCUT2D eigenvalue weighted by Crippen LogP contribution is -2.02. The van der Waals surface area contributed by atoms with Crippen molar-refractivity contribution >= 4 is 22.8 Å². The second-order valence-corrected chi connectivity index (χ2v) is 5.46. The molecule has 0 bridgehead atoms. The van der Waals surface area contributed by atoms with Crippen molar-refractivity contribution in [3.63, 3.8) is 0 Å². The van der Waals surface area contributed by atoms with Gasteiger partial charge >= 0.3 is 0 Å². The van der Waals surface area contributed by atoms with Crippen molar-refractivity contribution < 1.29 is 9.47 Å². The van der Waals surface area contributed by atoms with Crippen LogP contribution < -0.4 is 9.47 Å². The standard InChI is InChI=1S/C15H12ClN3O2/c1-9(16)14-18-11-3-2-6-17-15(11)19(14)10-4-5-12-13(7-10)21-8-20-12/h2-7,9H,8H2,1H3. The minimum Gasteiger partial charge on any atom is -0.454 e. The minimum absolute atomic E-state index is 0.232. The van der Waals surface area contributed by atoms with Crippen LogP contribution in [0.2, 0.25) is 0 Å². The van der Waals surface area contributed by atoms with Crippen molar-refractivity contribution in [2.75, 3.05) is 6.79 Å². The van der Waals surface area contributed by atoms with Crippen LogP contribution >= 0.6 is 11.6 Å². The third kappa shape index (κ3) is 1.93. The van der Waals surface area contributed by atoms with E-state index in [1.165, 1.54) is 0 Å². The molecule has 0 saturated carbocycles. The first-order valence-corrected chi connectivity index (χ1v) is 7.05. The summed E-state index contributed by atoms with van der Waals surface area (Å²) in [4.78, 5) is 9.00. The van der Waals surface area contributed by atoms with E-state index in [9.17, 15) is 0 Å². The molecule has 0 N–H and O–H groups in total. The molecule has 0 radical (unpaired) electrons. The van der Waals surface area contributed by atoms with E-state index in [0.717, 1.165) is 34.2 Å². The highest BCUT2D eigenvalue weighted by atomic mass is 35.5. The Hall–Kier alpha value is -2.27. The number of pyridine rings is 1. The number of benzene rings is 1. The van der Waals surface area contributed by atoms with Crippen molar-refractivity contribution in [2.24, 2.45) is 0 Å². The molecular weight excluding hydrogens is 290 g/mol. The van der Waals surface area contributed by atoms with E-state index in [0.29, 0.717) is 0 Å². The maximum Gasteiger partial charge on any atom is 0.231 e. The van der Waals surface area contributed by atoms with E-state index in [2.05, 4.69) is 9.97 Å². The average Bonchev–Trinajstić information content (AvgIpc) is 3.10. The zero-order valence-corrected chi connectivity index (χ0v) is 12.0. The Kier molecular flexibility index (Phi) is 2.75. The summed E-state index contributed by atoms with van der Waals surface area (Å²) in [5.74, 6) is 2.22. The Morgan fingerprint density at radius 3 is 2.95 bits per heavy atom. The molecule has 3 heterocycles. The zero-order chi connectivity index (χ0) is 14.4. The second kappa shape index (κ2) is 4.63. The molecule has 6 heteroatoms. The predicted molar refractivity (Wildman–Crippen MR) is 79.3 cm³/mol. The Bertz CT molecular complexity index is 829. The molecular formula is C15H12ClN3O2. The van der Waals surface area contributed by atoms with Gasteiger partial charge in [-0.25, -0.2) is 9.97 Å². The average molecular weight is 302 g/mol. The number of ether oxygens (including phenoxy) is 2. The van der Waals surface area contributed by atoms with Gasteiger partial charge in [-0.1, -0.05) is 0 Å². The lowest BCUT2D eigenvalue weighted by Gasteiger charge is -2.10. The number of aromatic nitrogens is 3. The lowest BCUT2D eigenvalue weighted by molar-refractivity contribution is 0.174. The van der Waals surface area contributed by atoms with Gasteiger partial charge in [0.05, 0.1) is 11.1 Å². The fourth-order valence-corrected chi connectivity index (χ4v) is 2.62. The maximum absolute atomic E-state index is 6.28. The molecule has 0 saturated heterocycles. The SMILES string of the molecule is CC(Cl)c1nc2cccnc2n1-c1ccc2c(c1)OCO2. The second-order valence-electron chi connectivity index (χ2n) is 4.81. The number of hydrogen-bond acceptors (Lipinski definition) is 4. The Labute approximate surface area is 126 Å². The van der Waals surface area contributed by atoms with Crippen LogP contribution in [0, 0.1) is 0 Å². The van der Waals surface area contributed by atoms with Gasteiger partial charge in [0.15, 0.2) is 17.1 Å². The smallest absolute Gasteiger partial charge is 0.231 e. The van der Waals surface area contributed by atoms with E-state index < -0.39 is 0 Å². The number of alkyl halides is 1. The first-order valence-electron chi connectivity index (χ1n) is 6.61. The van der Waals surface area contributed by atoms with E-state index in [-0.39, 0.29) is 12.2 Å². The monoisotopic (exact) mass is 301 g/mol. The fourth-order valence-electron chi connectivity index (χ4n) is 2.48. The Morgan fingerprint density at radius 2 is 2.10 bits per heavy atom. The van der Waals surface area contributed by atoms with Gasteiger partial charge < -0.3 is 9.47 Å². The highest BCUT2D eigenvalue weighted by Crippen LogP contribution is 2.35. The normalized spacial score (nSPS) is 14.6. The van der Waals surface area contributed by atoms with E-state index >= 15 is 0 Å². The zero-order valence-electron chi connectivity index (χ0n) is 11.3. The fraction of sp³-hybridized carbons (Fsp3) is 0.200. The Morgan fingerprint density at radius 1 is 1.24 bits per heavy atom. The molecule has 0 aliphatic carbocycles. The van der Waals surface area contributed by atoms with Crippen LogP contribution in [0.25, 0.3) is 16.9 Å². The molecule has 106 valence electrons. The number of hydrogen-bond donors (Lipinski definition) is 0. The molecule has 1 unspecified atom stereocenters. The summed E-state index contributed by atoms with van der Waals surface area (Å²) >= 11 is 6.28. The summed E-state index contributed by atoms with van der Waals surface area (Å²) in [5.41, 5.74) is 2.50. The van der Waals surface area contributed by atoms with Crippen LogP contribution in [0.5, 0.6) is 11.5 Å². The van der Waals surface area contributed by atoms with Gasteiger partial charge in [0.2, 0.25) is 6.79 Å². The largest absolute Gasteiger partial charge is 0.454 e. The van der Waals surface area contributed by atoms with Crippen molar-refractivity contribution in [1.82, 2.24) is 14.5 Å². The topological polar surface area (TPSA) is 49.2 Å². The number of nitrogens with zero attached hydrogens (tertiary/aromatic N) is 3. The first kappa shape index (κ1) is 12.5. The van der Waals surface area contributed by atoms with Crippen LogP contribution in [0.3, 0.4) is 0 Å². The van der Waals surface area contributed by atoms with Gasteiger partial charge in [-0.05, 0) is 31.2 Å². The van der Waals surface area contributed by atoms with E-state index in [1.54, 1.807) is 6.20 Å². The van der Waals surface area contributed by atoms with Gasteiger partial charge in [0, 0.05) is 12.3 Å². The first-order chi connectivity index (χ1) is 10.2. The van der Waals surface area contributed by atoms with Crippen LogP contribution in [-0.4, -0.2) is 21.3 Å². The summed E-state index contributed by atoms with van der Waals surface area (Å²) in [5, 5.41) is -0.232. The van der Waals surface area contributed by atoms with Gasteiger partial charge in [0.1, 0.15) is 11.3 Å². The van der Waals surface area contributed by atoms with Crippen LogP contribution in [0.15, 0.2) is 36.5 Å². The molecule has 0 amide bonds.